The predicted molar refractivity (Wildman–Crippen MR) is 92.2 cm³/mol. The number of carboxylic acids is 1. The Morgan fingerprint density at radius 3 is 2.54 bits per heavy atom. The van der Waals surface area contributed by atoms with Crippen LogP contribution in [0.5, 0.6) is 11.5 Å². The lowest BCUT2D eigenvalue weighted by molar-refractivity contribution is -0.137. The van der Waals surface area contributed by atoms with Crippen LogP contribution in [0.1, 0.15) is 30.4 Å². The standard InChI is InChI=1S/C20H20O4/c1-3-5-17(13-20(21)22)16-8-10-18(11-9-16)24-14-15-6-4-7-19(12-15)23-2/h4,6-12,17H,13-14H2,1-2H3,(H,21,22)/t17-/m1/s1. The van der Waals surface area contributed by atoms with Crippen LogP contribution in [-0.4, -0.2) is 18.2 Å². The molecule has 24 heavy (non-hydrogen) atoms. The minimum Gasteiger partial charge on any atom is -0.497 e. The second kappa shape index (κ2) is 8.64. The number of methoxy groups -OCH3 is 1. The van der Waals surface area contributed by atoms with Crippen LogP contribution in [-0.2, 0) is 11.4 Å². The maximum absolute atomic E-state index is 10.9. The molecule has 0 bridgehead atoms. The second-order valence-corrected chi connectivity index (χ2v) is 5.25. The van der Waals surface area contributed by atoms with Gasteiger partial charge in [0.2, 0.25) is 0 Å². The van der Waals surface area contributed by atoms with Crippen LogP contribution >= 0.6 is 0 Å². The Morgan fingerprint density at radius 2 is 1.92 bits per heavy atom. The van der Waals surface area contributed by atoms with Gasteiger partial charge in [-0.15, -0.1) is 5.92 Å². The molecule has 1 atom stereocenters. The van der Waals surface area contributed by atoms with Gasteiger partial charge < -0.3 is 14.6 Å². The van der Waals surface area contributed by atoms with Gasteiger partial charge >= 0.3 is 5.97 Å². The summed E-state index contributed by atoms with van der Waals surface area (Å²) in [7, 11) is 1.63. The number of carboxylic acid groups (broad SMARTS) is 1. The largest absolute Gasteiger partial charge is 0.497 e. The number of aliphatic carboxylic acids is 1. The predicted octanol–water partition coefficient (Wildman–Crippen LogP) is 3.86. The van der Waals surface area contributed by atoms with Crippen LogP contribution in [0.2, 0.25) is 0 Å². The highest BCUT2D eigenvalue weighted by atomic mass is 16.5. The Labute approximate surface area is 142 Å². The van der Waals surface area contributed by atoms with Gasteiger partial charge in [-0.25, -0.2) is 0 Å². The third-order valence-corrected chi connectivity index (χ3v) is 3.52. The summed E-state index contributed by atoms with van der Waals surface area (Å²) in [5.74, 6) is 6.07. The van der Waals surface area contributed by atoms with E-state index in [4.69, 9.17) is 14.6 Å². The fourth-order valence-electron chi connectivity index (χ4n) is 2.33. The summed E-state index contributed by atoms with van der Waals surface area (Å²) in [6, 6.07) is 15.1. The quantitative estimate of drug-likeness (QED) is 0.786. The molecule has 0 unspecified atom stereocenters. The van der Waals surface area contributed by atoms with Gasteiger partial charge in [-0.05, 0) is 42.3 Å². The summed E-state index contributed by atoms with van der Waals surface area (Å²) in [5, 5.41) is 8.98. The molecule has 1 N–H and O–H groups in total. The summed E-state index contributed by atoms with van der Waals surface area (Å²) < 4.78 is 10.9. The Kier molecular flexibility index (Phi) is 6.27. The van der Waals surface area contributed by atoms with E-state index in [2.05, 4.69) is 11.8 Å². The summed E-state index contributed by atoms with van der Waals surface area (Å²) in [6.45, 7) is 2.14. The second-order valence-electron chi connectivity index (χ2n) is 5.25. The van der Waals surface area contributed by atoms with Crippen LogP contribution in [0, 0.1) is 11.8 Å². The third kappa shape index (κ3) is 5.06. The van der Waals surface area contributed by atoms with Gasteiger partial charge in [0.25, 0.3) is 0 Å². The zero-order chi connectivity index (χ0) is 17.4. The van der Waals surface area contributed by atoms with E-state index in [-0.39, 0.29) is 12.3 Å². The first-order valence-electron chi connectivity index (χ1n) is 7.62. The van der Waals surface area contributed by atoms with Gasteiger partial charge in [-0.2, -0.15) is 0 Å². The molecule has 4 nitrogen and oxygen atoms in total. The SMILES string of the molecule is CC#C[C@H](CC(=O)O)c1ccc(OCc2cccc(OC)c2)cc1. The number of benzene rings is 2. The van der Waals surface area contributed by atoms with Gasteiger partial charge in [0.15, 0.2) is 0 Å². The lowest BCUT2D eigenvalue weighted by Gasteiger charge is -2.11. The van der Waals surface area contributed by atoms with E-state index in [1.165, 1.54) is 0 Å². The highest BCUT2D eigenvalue weighted by Crippen LogP contribution is 2.23. The minimum absolute atomic E-state index is 0.00907. The van der Waals surface area contributed by atoms with Crippen LogP contribution in [0.25, 0.3) is 0 Å². The zero-order valence-corrected chi connectivity index (χ0v) is 13.8. The van der Waals surface area contributed by atoms with Crippen LogP contribution in [0.15, 0.2) is 48.5 Å². The topological polar surface area (TPSA) is 55.8 Å². The van der Waals surface area contributed by atoms with Crippen LogP contribution < -0.4 is 9.47 Å². The van der Waals surface area contributed by atoms with Crippen molar-refractivity contribution in [2.75, 3.05) is 7.11 Å². The normalized spacial score (nSPS) is 11.1. The van der Waals surface area contributed by atoms with E-state index in [1.807, 2.05) is 48.5 Å². The van der Waals surface area contributed by atoms with E-state index in [0.717, 1.165) is 22.6 Å². The average Bonchev–Trinajstić information content (AvgIpc) is 2.60. The summed E-state index contributed by atoms with van der Waals surface area (Å²) >= 11 is 0. The zero-order valence-electron chi connectivity index (χ0n) is 13.8. The van der Waals surface area contributed by atoms with Crippen molar-refractivity contribution in [1.82, 2.24) is 0 Å². The third-order valence-electron chi connectivity index (χ3n) is 3.52. The molecule has 0 saturated heterocycles. The summed E-state index contributed by atoms with van der Waals surface area (Å²) in [4.78, 5) is 10.9. The number of rotatable bonds is 7. The van der Waals surface area contributed by atoms with E-state index in [1.54, 1.807) is 14.0 Å². The van der Waals surface area contributed by atoms with Crippen molar-refractivity contribution < 1.29 is 19.4 Å². The Bertz CT molecular complexity index is 738. The highest BCUT2D eigenvalue weighted by Gasteiger charge is 2.13. The molecule has 2 aromatic carbocycles. The molecule has 0 aliphatic heterocycles. The number of carbonyl (C=O) groups is 1. The average molecular weight is 324 g/mol. The molecule has 0 aliphatic carbocycles. The molecule has 2 aromatic rings. The first-order valence-corrected chi connectivity index (χ1v) is 7.62. The highest BCUT2D eigenvalue weighted by molar-refractivity contribution is 5.69. The molecular weight excluding hydrogens is 304 g/mol. The molecule has 0 fully saturated rings. The van der Waals surface area contributed by atoms with Gasteiger partial charge in [-0.1, -0.05) is 30.2 Å². The Morgan fingerprint density at radius 1 is 1.17 bits per heavy atom. The van der Waals surface area contributed by atoms with E-state index >= 15 is 0 Å². The van der Waals surface area contributed by atoms with Gasteiger partial charge in [-0.3, -0.25) is 4.79 Å². The fraction of sp³-hybridized carbons (Fsp3) is 0.250. The molecule has 0 aliphatic rings. The lowest BCUT2D eigenvalue weighted by atomic mass is 9.96. The van der Waals surface area contributed by atoms with Crippen LogP contribution in [0.3, 0.4) is 0 Å². The first kappa shape index (κ1) is 17.4. The van der Waals surface area contributed by atoms with Crippen molar-refractivity contribution in [3.05, 3.63) is 59.7 Å². The van der Waals surface area contributed by atoms with Crippen molar-refractivity contribution in [3.63, 3.8) is 0 Å². The fourth-order valence-corrected chi connectivity index (χ4v) is 2.33. The molecule has 0 spiro atoms. The smallest absolute Gasteiger partial charge is 0.304 e. The van der Waals surface area contributed by atoms with Crippen molar-refractivity contribution in [1.29, 1.82) is 0 Å². The van der Waals surface area contributed by atoms with Crippen molar-refractivity contribution in [3.8, 4) is 23.3 Å². The van der Waals surface area contributed by atoms with Gasteiger partial charge in [0.05, 0.1) is 19.4 Å². The minimum atomic E-state index is -0.860. The summed E-state index contributed by atoms with van der Waals surface area (Å²) in [6.07, 6.45) is -0.00907. The molecule has 0 heterocycles. The van der Waals surface area contributed by atoms with E-state index in [0.29, 0.717) is 6.61 Å². The number of hydrogen-bond donors (Lipinski definition) is 1. The summed E-state index contributed by atoms with van der Waals surface area (Å²) in [5.41, 5.74) is 1.89. The Balaban J connectivity index is 2.02. The molecule has 4 heteroatoms. The molecule has 0 aromatic heterocycles. The molecule has 2 rings (SSSR count). The number of hydrogen-bond acceptors (Lipinski definition) is 3. The molecule has 0 radical (unpaired) electrons. The monoisotopic (exact) mass is 324 g/mol. The maximum atomic E-state index is 10.9. The van der Waals surface area contributed by atoms with E-state index in [9.17, 15) is 4.79 Å². The Hall–Kier alpha value is -2.93. The number of ether oxygens (including phenoxy) is 2. The van der Waals surface area contributed by atoms with Gasteiger partial charge in [0.1, 0.15) is 18.1 Å². The van der Waals surface area contributed by atoms with Gasteiger partial charge in [0, 0.05) is 0 Å². The van der Waals surface area contributed by atoms with E-state index < -0.39 is 5.97 Å². The van der Waals surface area contributed by atoms with Crippen molar-refractivity contribution >= 4 is 5.97 Å². The molecule has 0 amide bonds. The molecule has 124 valence electrons. The maximum Gasteiger partial charge on any atom is 0.304 e. The van der Waals surface area contributed by atoms with Crippen LogP contribution in [0.4, 0.5) is 0 Å². The van der Waals surface area contributed by atoms with Crippen molar-refractivity contribution in [2.24, 2.45) is 0 Å². The molecule has 0 saturated carbocycles. The van der Waals surface area contributed by atoms with Crippen molar-refractivity contribution in [2.45, 2.75) is 25.9 Å². The molecular formula is C20H20O4. The lowest BCUT2D eigenvalue weighted by Crippen LogP contribution is -2.04. The first-order chi connectivity index (χ1) is 11.6.